The molecule has 0 aromatic carbocycles. The van der Waals surface area contributed by atoms with E-state index in [0.717, 1.165) is 10.8 Å². The zero-order valence-electron chi connectivity index (χ0n) is 5.18. The molecule has 1 aliphatic rings. The van der Waals surface area contributed by atoms with E-state index in [1.165, 1.54) is 0 Å². The standard InChI is InChI=1S/C5H7Cl2NO2/c6-5(4(9)10)2-1-3-8(5)7/h1-3H2,(H,9,10)/t5-/m0/s1. The molecular weight excluding hydrogens is 177 g/mol. The van der Waals surface area contributed by atoms with Gasteiger partial charge in [0.1, 0.15) is 0 Å². The van der Waals surface area contributed by atoms with Gasteiger partial charge in [-0.15, -0.1) is 0 Å². The Balaban J connectivity index is 2.75. The summed E-state index contributed by atoms with van der Waals surface area (Å²) in [5.74, 6) is -1.07. The first kappa shape index (κ1) is 8.11. The highest BCUT2D eigenvalue weighted by Crippen LogP contribution is 2.34. The number of carbonyl (C=O) groups is 1. The van der Waals surface area contributed by atoms with Crippen LogP contribution in [0.4, 0.5) is 0 Å². The van der Waals surface area contributed by atoms with Crippen LogP contribution in [-0.2, 0) is 4.79 Å². The minimum Gasteiger partial charge on any atom is -0.479 e. The summed E-state index contributed by atoms with van der Waals surface area (Å²) < 4.78 is 1.14. The third kappa shape index (κ3) is 1.09. The van der Waals surface area contributed by atoms with Crippen molar-refractivity contribution in [3.8, 4) is 0 Å². The number of rotatable bonds is 1. The number of nitrogens with zero attached hydrogens (tertiary/aromatic N) is 1. The predicted molar refractivity (Wildman–Crippen MR) is 38.0 cm³/mol. The van der Waals surface area contributed by atoms with Crippen LogP contribution in [0.25, 0.3) is 0 Å². The molecule has 3 nitrogen and oxygen atoms in total. The van der Waals surface area contributed by atoms with Gasteiger partial charge in [-0.25, -0.2) is 4.79 Å². The molecule has 1 aliphatic heterocycles. The Hall–Kier alpha value is 0.01000. The van der Waals surface area contributed by atoms with Gasteiger partial charge in [0.2, 0.25) is 5.00 Å². The highest BCUT2D eigenvalue weighted by atomic mass is 35.5. The molecule has 1 N–H and O–H groups in total. The van der Waals surface area contributed by atoms with E-state index in [0.29, 0.717) is 13.0 Å². The van der Waals surface area contributed by atoms with Crippen molar-refractivity contribution in [3.05, 3.63) is 0 Å². The van der Waals surface area contributed by atoms with E-state index in [2.05, 4.69) is 0 Å². The van der Waals surface area contributed by atoms with Crippen molar-refractivity contribution >= 4 is 29.3 Å². The molecule has 1 atom stereocenters. The number of aliphatic carboxylic acids is 1. The van der Waals surface area contributed by atoms with Crippen LogP contribution in [0.15, 0.2) is 0 Å². The zero-order chi connectivity index (χ0) is 7.78. The topological polar surface area (TPSA) is 40.5 Å². The first-order valence-corrected chi connectivity index (χ1v) is 3.65. The van der Waals surface area contributed by atoms with Gasteiger partial charge < -0.3 is 5.11 Å². The quantitative estimate of drug-likeness (QED) is 0.378. The second-order valence-corrected chi connectivity index (χ2v) is 3.29. The van der Waals surface area contributed by atoms with Crippen LogP contribution < -0.4 is 0 Å². The first-order chi connectivity index (χ1) is 4.57. The maximum absolute atomic E-state index is 10.5. The lowest BCUT2D eigenvalue weighted by molar-refractivity contribution is -0.142. The Morgan fingerprint density at radius 3 is 2.50 bits per heavy atom. The Morgan fingerprint density at radius 1 is 1.70 bits per heavy atom. The van der Waals surface area contributed by atoms with Crippen LogP contribution >= 0.6 is 23.4 Å². The summed E-state index contributed by atoms with van der Waals surface area (Å²) >= 11 is 11.2. The van der Waals surface area contributed by atoms with Crippen LogP contribution in [0.3, 0.4) is 0 Å². The molecule has 0 spiro atoms. The third-order valence-electron chi connectivity index (χ3n) is 1.57. The summed E-state index contributed by atoms with van der Waals surface area (Å²) in [4.78, 5) is 9.12. The molecule has 5 heteroatoms. The summed E-state index contributed by atoms with van der Waals surface area (Å²) in [7, 11) is 0. The van der Waals surface area contributed by atoms with Crippen molar-refractivity contribution in [2.45, 2.75) is 17.8 Å². The van der Waals surface area contributed by atoms with Crippen molar-refractivity contribution < 1.29 is 9.90 Å². The summed E-state index contributed by atoms with van der Waals surface area (Å²) in [6.45, 7) is 0.539. The van der Waals surface area contributed by atoms with Gasteiger partial charge >= 0.3 is 5.97 Å². The van der Waals surface area contributed by atoms with Crippen LogP contribution in [0, 0.1) is 0 Å². The van der Waals surface area contributed by atoms with Gasteiger partial charge in [0.05, 0.1) is 0 Å². The molecule has 0 aromatic heterocycles. The van der Waals surface area contributed by atoms with Crippen molar-refractivity contribution in [3.63, 3.8) is 0 Å². The largest absolute Gasteiger partial charge is 0.479 e. The monoisotopic (exact) mass is 183 g/mol. The van der Waals surface area contributed by atoms with Crippen molar-refractivity contribution in [2.75, 3.05) is 6.54 Å². The van der Waals surface area contributed by atoms with Gasteiger partial charge in [-0.3, -0.25) is 0 Å². The Bertz CT molecular complexity index is 164. The summed E-state index contributed by atoms with van der Waals surface area (Å²) in [6.07, 6.45) is 1.15. The smallest absolute Gasteiger partial charge is 0.340 e. The lowest BCUT2D eigenvalue weighted by Gasteiger charge is -2.21. The number of alkyl halides is 1. The first-order valence-electron chi connectivity index (χ1n) is 2.93. The fourth-order valence-electron chi connectivity index (χ4n) is 0.961. The fraction of sp³-hybridized carbons (Fsp3) is 0.800. The maximum Gasteiger partial charge on any atom is 0.340 e. The predicted octanol–water partition coefficient (Wildman–Crippen LogP) is 1.26. The molecule has 0 amide bonds. The lowest BCUT2D eigenvalue weighted by atomic mass is 10.2. The Labute approximate surface area is 68.6 Å². The fourth-order valence-corrected chi connectivity index (χ4v) is 1.46. The molecule has 10 heavy (non-hydrogen) atoms. The highest BCUT2D eigenvalue weighted by molar-refractivity contribution is 6.36. The van der Waals surface area contributed by atoms with E-state index >= 15 is 0 Å². The minimum absolute atomic E-state index is 0.410. The van der Waals surface area contributed by atoms with E-state index < -0.39 is 11.0 Å². The zero-order valence-corrected chi connectivity index (χ0v) is 6.69. The number of halogens is 2. The number of hydrogen-bond acceptors (Lipinski definition) is 2. The molecule has 1 heterocycles. The second kappa shape index (κ2) is 2.57. The molecular formula is C5H7Cl2NO2. The number of carboxylic acids is 1. The summed E-state index contributed by atoms with van der Waals surface area (Å²) in [5.41, 5.74) is 0. The number of hydrogen-bond donors (Lipinski definition) is 1. The molecule has 1 fully saturated rings. The Kier molecular flexibility index (Phi) is 2.08. The number of carboxylic acid groups (broad SMARTS) is 1. The molecule has 1 rings (SSSR count). The average molecular weight is 184 g/mol. The van der Waals surface area contributed by atoms with Crippen LogP contribution in [-0.4, -0.2) is 27.0 Å². The highest BCUT2D eigenvalue weighted by Gasteiger charge is 2.45. The van der Waals surface area contributed by atoms with Crippen LogP contribution in [0.1, 0.15) is 12.8 Å². The second-order valence-electron chi connectivity index (χ2n) is 2.25. The lowest BCUT2D eigenvalue weighted by Crippen LogP contribution is -2.40. The van der Waals surface area contributed by atoms with Crippen molar-refractivity contribution in [1.29, 1.82) is 0 Å². The molecule has 0 saturated carbocycles. The van der Waals surface area contributed by atoms with Gasteiger partial charge in [-0.2, -0.15) is 4.42 Å². The SMILES string of the molecule is O=C(O)[C@]1(Cl)CCCN1Cl. The average Bonchev–Trinajstić information content (AvgIpc) is 2.15. The maximum atomic E-state index is 10.5. The normalized spacial score (nSPS) is 34.6. The van der Waals surface area contributed by atoms with E-state index in [1.807, 2.05) is 0 Å². The molecule has 0 aliphatic carbocycles. The van der Waals surface area contributed by atoms with Crippen molar-refractivity contribution in [2.24, 2.45) is 0 Å². The summed E-state index contributed by atoms with van der Waals surface area (Å²) in [6, 6.07) is 0. The van der Waals surface area contributed by atoms with Gasteiger partial charge in [-0.1, -0.05) is 11.6 Å². The minimum atomic E-state index is -1.36. The van der Waals surface area contributed by atoms with Crippen molar-refractivity contribution in [1.82, 2.24) is 4.42 Å². The third-order valence-corrected chi connectivity index (χ3v) is 2.67. The Morgan fingerprint density at radius 2 is 2.30 bits per heavy atom. The molecule has 0 unspecified atom stereocenters. The van der Waals surface area contributed by atoms with Gasteiger partial charge in [0, 0.05) is 6.54 Å². The summed E-state index contributed by atoms with van der Waals surface area (Å²) in [5, 5.41) is 8.58. The molecule has 0 radical (unpaired) electrons. The molecule has 0 aromatic rings. The molecule has 0 bridgehead atoms. The van der Waals surface area contributed by atoms with Gasteiger partial charge in [0.25, 0.3) is 0 Å². The van der Waals surface area contributed by atoms with E-state index in [9.17, 15) is 4.79 Å². The van der Waals surface area contributed by atoms with Gasteiger partial charge in [-0.05, 0) is 24.6 Å². The van der Waals surface area contributed by atoms with E-state index in [4.69, 9.17) is 28.5 Å². The van der Waals surface area contributed by atoms with E-state index in [1.54, 1.807) is 0 Å². The van der Waals surface area contributed by atoms with Crippen LogP contribution in [0.5, 0.6) is 0 Å². The molecule has 1 saturated heterocycles. The van der Waals surface area contributed by atoms with Crippen LogP contribution in [0.2, 0.25) is 0 Å². The van der Waals surface area contributed by atoms with E-state index in [-0.39, 0.29) is 0 Å². The molecule has 58 valence electrons. The van der Waals surface area contributed by atoms with Gasteiger partial charge in [0.15, 0.2) is 0 Å².